The van der Waals surface area contributed by atoms with Crippen molar-refractivity contribution in [3.8, 4) is 0 Å². The van der Waals surface area contributed by atoms with Crippen molar-refractivity contribution < 1.29 is 4.79 Å². The zero-order valence-corrected chi connectivity index (χ0v) is 12.4. The van der Waals surface area contributed by atoms with Gasteiger partial charge in [-0.25, -0.2) is 9.97 Å². The maximum atomic E-state index is 11.5. The number of pyridine rings is 1. The number of hydrogen-bond acceptors (Lipinski definition) is 6. The summed E-state index contributed by atoms with van der Waals surface area (Å²) in [6, 6.07) is 1.87. The second-order valence-corrected chi connectivity index (χ2v) is 5.10. The Kier molecular flexibility index (Phi) is 4.41. The lowest BCUT2D eigenvalue weighted by Crippen LogP contribution is -2.16. The molecule has 0 saturated heterocycles. The number of carbonyl (C=O) groups is 1. The van der Waals surface area contributed by atoms with Gasteiger partial charge in [-0.05, 0) is 24.8 Å². The third-order valence-corrected chi connectivity index (χ3v) is 3.23. The van der Waals surface area contributed by atoms with E-state index in [1.54, 1.807) is 12.4 Å². The molecule has 2 aromatic rings. The number of amides is 1. The standard InChI is InChI=1S/C12H12ClN5OS/c1-6-3-7(5-15-4-6)16-11-8(10(14)19)9(13)17-12(18-11)20-2/h3-5H,1-2H3,(H2,14,19)(H,16,17,18). The fraction of sp³-hybridized carbons (Fsp3) is 0.167. The molecule has 0 aliphatic carbocycles. The molecule has 3 N–H and O–H groups in total. The highest BCUT2D eigenvalue weighted by Gasteiger charge is 2.18. The van der Waals surface area contributed by atoms with E-state index in [4.69, 9.17) is 17.3 Å². The SMILES string of the molecule is CSc1nc(Cl)c(C(N)=O)c(Nc2cncc(C)c2)n1. The highest BCUT2D eigenvalue weighted by atomic mass is 35.5. The molecular weight excluding hydrogens is 298 g/mol. The maximum Gasteiger partial charge on any atom is 0.255 e. The van der Waals surface area contributed by atoms with Crippen molar-refractivity contribution in [3.63, 3.8) is 0 Å². The summed E-state index contributed by atoms with van der Waals surface area (Å²) in [6.07, 6.45) is 5.15. The van der Waals surface area contributed by atoms with Crippen LogP contribution < -0.4 is 11.1 Å². The minimum Gasteiger partial charge on any atom is -0.365 e. The number of aromatic nitrogens is 3. The fourth-order valence-corrected chi connectivity index (χ4v) is 2.25. The summed E-state index contributed by atoms with van der Waals surface area (Å²) in [5.74, 6) is -0.417. The maximum absolute atomic E-state index is 11.5. The van der Waals surface area contributed by atoms with Gasteiger partial charge in [-0.3, -0.25) is 9.78 Å². The Morgan fingerprint density at radius 1 is 1.40 bits per heavy atom. The molecule has 1 amide bonds. The van der Waals surface area contributed by atoms with Crippen LogP contribution in [0.3, 0.4) is 0 Å². The van der Waals surface area contributed by atoms with Crippen molar-refractivity contribution in [1.82, 2.24) is 15.0 Å². The first kappa shape index (κ1) is 14.5. The molecule has 0 atom stereocenters. The first-order valence-electron chi connectivity index (χ1n) is 5.61. The molecule has 0 unspecified atom stereocenters. The third-order valence-electron chi connectivity index (χ3n) is 2.41. The van der Waals surface area contributed by atoms with Crippen molar-refractivity contribution in [2.45, 2.75) is 12.1 Å². The average Bonchev–Trinajstić information content (AvgIpc) is 2.37. The van der Waals surface area contributed by atoms with Crippen LogP contribution in [0.15, 0.2) is 23.6 Å². The van der Waals surface area contributed by atoms with Crippen molar-refractivity contribution in [2.24, 2.45) is 5.73 Å². The van der Waals surface area contributed by atoms with Crippen molar-refractivity contribution in [2.75, 3.05) is 11.6 Å². The minimum atomic E-state index is -0.689. The van der Waals surface area contributed by atoms with Crippen LogP contribution in [0.25, 0.3) is 0 Å². The number of anilines is 2. The van der Waals surface area contributed by atoms with Crippen LogP contribution in [0.2, 0.25) is 5.15 Å². The number of primary amides is 1. The van der Waals surface area contributed by atoms with Gasteiger partial charge in [0.1, 0.15) is 16.5 Å². The van der Waals surface area contributed by atoms with Gasteiger partial charge in [0.15, 0.2) is 5.16 Å². The number of halogens is 1. The smallest absolute Gasteiger partial charge is 0.255 e. The van der Waals surface area contributed by atoms with E-state index in [0.29, 0.717) is 10.8 Å². The van der Waals surface area contributed by atoms with Gasteiger partial charge in [0.2, 0.25) is 0 Å². The Morgan fingerprint density at radius 3 is 2.75 bits per heavy atom. The lowest BCUT2D eigenvalue weighted by molar-refractivity contribution is 0.100. The normalized spacial score (nSPS) is 10.3. The molecule has 2 rings (SSSR count). The second kappa shape index (κ2) is 6.06. The monoisotopic (exact) mass is 309 g/mol. The zero-order chi connectivity index (χ0) is 14.7. The van der Waals surface area contributed by atoms with Gasteiger partial charge in [-0.2, -0.15) is 0 Å². The van der Waals surface area contributed by atoms with Crippen LogP contribution in [-0.4, -0.2) is 27.1 Å². The Hall–Kier alpha value is -1.86. The van der Waals surface area contributed by atoms with Crippen molar-refractivity contribution in [1.29, 1.82) is 0 Å². The van der Waals surface area contributed by atoms with E-state index in [1.165, 1.54) is 11.8 Å². The third kappa shape index (κ3) is 3.17. The molecule has 6 nitrogen and oxygen atoms in total. The van der Waals surface area contributed by atoms with E-state index in [1.807, 2.05) is 19.2 Å². The van der Waals surface area contributed by atoms with E-state index in [-0.39, 0.29) is 16.5 Å². The Labute approximate surface area is 125 Å². The molecule has 2 aromatic heterocycles. The molecule has 0 fully saturated rings. The second-order valence-electron chi connectivity index (χ2n) is 3.96. The van der Waals surface area contributed by atoms with Crippen LogP contribution in [0.1, 0.15) is 15.9 Å². The number of nitrogens with two attached hydrogens (primary N) is 1. The number of nitrogens with zero attached hydrogens (tertiary/aromatic N) is 3. The number of rotatable bonds is 4. The summed E-state index contributed by atoms with van der Waals surface area (Å²) in [4.78, 5) is 23.8. The van der Waals surface area contributed by atoms with Crippen molar-refractivity contribution in [3.05, 3.63) is 34.7 Å². The van der Waals surface area contributed by atoms with Crippen LogP contribution in [0, 0.1) is 6.92 Å². The summed E-state index contributed by atoms with van der Waals surface area (Å²) >= 11 is 7.30. The Balaban J connectivity index is 2.48. The van der Waals surface area contributed by atoms with E-state index in [2.05, 4.69) is 20.3 Å². The zero-order valence-electron chi connectivity index (χ0n) is 10.8. The summed E-state index contributed by atoms with van der Waals surface area (Å²) in [6.45, 7) is 1.91. The molecule has 0 bridgehead atoms. The van der Waals surface area contributed by atoms with Crippen LogP contribution in [0.5, 0.6) is 0 Å². The summed E-state index contributed by atoms with van der Waals surface area (Å²) in [5.41, 5.74) is 7.05. The molecular formula is C12H12ClN5OS. The van der Waals surface area contributed by atoms with E-state index < -0.39 is 5.91 Å². The van der Waals surface area contributed by atoms with Gasteiger partial charge < -0.3 is 11.1 Å². The predicted molar refractivity (Wildman–Crippen MR) is 79.6 cm³/mol. The molecule has 0 spiro atoms. The molecule has 20 heavy (non-hydrogen) atoms. The van der Waals surface area contributed by atoms with E-state index in [0.717, 1.165) is 5.56 Å². The molecule has 8 heteroatoms. The van der Waals surface area contributed by atoms with Gasteiger partial charge in [0.05, 0.1) is 11.9 Å². The molecule has 0 saturated carbocycles. The number of carbonyl (C=O) groups excluding carboxylic acids is 1. The van der Waals surface area contributed by atoms with Crippen LogP contribution in [0.4, 0.5) is 11.5 Å². The molecule has 104 valence electrons. The Bertz CT molecular complexity index is 664. The largest absolute Gasteiger partial charge is 0.365 e. The van der Waals surface area contributed by atoms with Gasteiger partial charge in [-0.15, -0.1) is 0 Å². The van der Waals surface area contributed by atoms with E-state index in [9.17, 15) is 4.79 Å². The van der Waals surface area contributed by atoms with Gasteiger partial charge in [0, 0.05) is 6.20 Å². The first-order valence-corrected chi connectivity index (χ1v) is 7.21. The lowest BCUT2D eigenvalue weighted by Gasteiger charge is -2.11. The number of hydrogen-bond donors (Lipinski definition) is 2. The van der Waals surface area contributed by atoms with Crippen LogP contribution >= 0.6 is 23.4 Å². The topological polar surface area (TPSA) is 93.8 Å². The van der Waals surface area contributed by atoms with Gasteiger partial charge >= 0.3 is 0 Å². The molecule has 0 aromatic carbocycles. The molecule has 0 aliphatic heterocycles. The summed E-state index contributed by atoms with van der Waals surface area (Å²) < 4.78 is 0. The highest BCUT2D eigenvalue weighted by molar-refractivity contribution is 7.98. The van der Waals surface area contributed by atoms with Crippen molar-refractivity contribution >= 4 is 40.8 Å². The fourth-order valence-electron chi connectivity index (χ4n) is 1.57. The quantitative estimate of drug-likeness (QED) is 0.511. The van der Waals surface area contributed by atoms with Crippen LogP contribution in [-0.2, 0) is 0 Å². The molecule has 0 aliphatic rings. The molecule has 0 radical (unpaired) electrons. The highest BCUT2D eigenvalue weighted by Crippen LogP contribution is 2.26. The minimum absolute atomic E-state index is 0.0277. The first-order chi connectivity index (χ1) is 9.51. The summed E-state index contributed by atoms with van der Waals surface area (Å²) in [5, 5.41) is 3.47. The number of thioether (sulfide) groups is 1. The number of aryl methyl sites for hydroxylation is 1. The van der Waals surface area contributed by atoms with Gasteiger partial charge in [0.25, 0.3) is 5.91 Å². The summed E-state index contributed by atoms with van der Waals surface area (Å²) in [7, 11) is 0. The Morgan fingerprint density at radius 2 is 2.15 bits per heavy atom. The van der Waals surface area contributed by atoms with Gasteiger partial charge in [-0.1, -0.05) is 23.4 Å². The van der Waals surface area contributed by atoms with E-state index >= 15 is 0 Å². The average molecular weight is 310 g/mol. The molecule has 2 heterocycles. The predicted octanol–water partition coefficient (Wildman–Crippen LogP) is 2.40. The lowest BCUT2D eigenvalue weighted by atomic mass is 10.2. The number of nitrogens with one attached hydrogen (secondary N) is 1.